The summed E-state index contributed by atoms with van der Waals surface area (Å²) in [7, 11) is 1.81. The number of nitriles is 1. The Morgan fingerprint density at radius 3 is 3.06 bits per heavy atom. The highest BCUT2D eigenvalue weighted by molar-refractivity contribution is 5.79. The first-order chi connectivity index (χ1) is 7.69. The van der Waals surface area contributed by atoms with Gasteiger partial charge in [0.15, 0.2) is 5.82 Å². The van der Waals surface area contributed by atoms with Crippen molar-refractivity contribution in [2.75, 3.05) is 13.1 Å². The van der Waals surface area contributed by atoms with E-state index < -0.39 is 0 Å². The number of hydrogen-bond donors (Lipinski definition) is 0. The molecule has 6 heteroatoms. The van der Waals surface area contributed by atoms with Crippen molar-refractivity contribution in [3.05, 3.63) is 12.2 Å². The zero-order valence-corrected chi connectivity index (χ0v) is 9.13. The number of hydrogen-bond acceptors (Lipinski definition) is 4. The molecule has 0 saturated carbocycles. The minimum absolute atomic E-state index is 0.0579. The second-order valence-electron chi connectivity index (χ2n) is 3.95. The third-order valence-corrected chi connectivity index (χ3v) is 2.65. The van der Waals surface area contributed by atoms with Crippen LogP contribution in [0.25, 0.3) is 0 Å². The Balaban J connectivity index is 1.87. The maximum atomic E-state index is 11.5. The predicted molar refractivity (Wildman–Crippen MR) is 55.0 cm³/mol. The molecule has 2 heterocycles. The van der Waals surface area contributed by atoms with Crippen LogP contribution in [0.3, 0.4) is 0 Å². The summed E-state index contributed by atoms with van der Waals surface area (Å²) in [6.07, 6.45) is 2.64. The van der Waals surface area contributed by atoms with Gasteiger partial charge in [0.1, 0.15) is 6.33 Å². The van der Waals surface area contributed by atoms with Gasteiger partial charge in [-0.25, -0.2) is 4.98 Å². The fourth-order valence-electron chi connectivity index (χ4n) is 1.81. The lowest BCUT2D eigenvalue weighted by Gasteiger charge is -2.13. The third kappa shape index (κ3) is 2.19. The second kappa shape index (κ2) is 4.31. The normalized spacial score (nSPS) is 20.1. The van der Waals surface area contributed by atoms with E-state index in [1.165, 1.54) is 0 Å². The zero-order chi connectivity index (χ0) is 11.5. The Labute approximate surface area is 93.5 Å². The number of carbonyl (C=O) groups is 1. The van der Waals surface area contributed by atoms with E-state index in [1.54, 1.807) is 15.9 Å². The average Bonchev–Trinajstić information content (AvgIpc) is 2.82. The molecule has 16 heavy (non-hydrogen) atoms. The van der Waals surface area contributed by atoms with Gasteiger partial charge >= 0.3 is 0 Å². The van der Waals surface area contributed by atoms with Crippen LogP contribution in [-0.2, 0) is 18.3 Å². The van der Waals surface area contributed by atoms with Gasteiger partial charge in [0, 0.05) is 33.0 Å². The number of aryl methyl sites for hydroxylation is 1. The van der Waals surface area contributed by atoms with Crippen molar-refractivity contribution in [2.24, 2.45) is 13.0 Å². The molecule has 84 valence electrons. The molecule has 2 rings (SSSR count). The van der Waals surface area contributed by atoms with E-state index in [-0.39, 0.29) is 11.8 Å². The molecule has 1 saturated heterocycles. The predicted octanol–water partition coefficient (Wildman–Crippen LogP) is -0.270. The molecule has 1 aliphatic heterocycles. The van der Waals surface area contributed by atoms with Gasteiger partial charge in [-0.05, 0) is 0 Å². The highest BCUT2D eigenvalue weighted by atomic mass is 16.2. The monoisotopic (exact) mass is 219 g/mol. The average molecular weight is 219 g/mol. The molecule has 0 bridgehead atoms. The van der Waals surface area contributed by atoms with E-state index in [0.29, 0.717) is 25.9 Å². The first kappa shape index (κ1) is 10.6. The smallest absolute Gasteiger partial charge is 0.224 e. The zero-order valence-electron chi connectivity index (χ0n) is 9.13. The molecule has 1 fully saturated rings. The van der Waals surface area contributed by atoms with Crippen molar-refractivity contribution < 1.29 is 4.79 Å². The van der Waals surface area contributed by atoms with Gasteiger partial charge in [0.25, 0.3) is 0 Å². The topological polar surface area (TPSA) is 74.8 Å². The summed E-state index contributed by atoms with van der Waals surface area (Å²) < 4.78 is 1.64. The lowest BCUT2D eigenvalue weighted by Crippen LogP contribution is -2.27. The summed E-state index contributed by atoms with van der Waals surface area (Å²) in [4.78, 5) is 17.3. The Morgan fingerprint density at radius 2 is 2.50 bits per heavy atom. The number of likely N-dealkylation sites (tertiary alicyclic amines) is 1. The first-order valence-electron chi connectivity index (χ1n) is 5.21. The van der Waals surface area contributed by atoms with Gasteiger partial charge < -0.3 is 4.90 Å². The van der Waals surface area contributed by atoms with E-state index >= 15 is 0 Å². The number of nitrogens with zero attached hydrogens (tertiary/aromatic N) is 5. The van der Waals surface area contributed by atoms with Crippen LogP contribution in [0.2, 0.25) is 0 Å². The molecule has 1 atom stereocenters. The fraction of sp³-hybridized carbons (Fsp3) is 0.600. The maximum absolute atomic E-state index is 11.5. The minimum atomic E-state index is -0.149. The number of rotatable bonds is 3. The van der Waals surface area contributed by atoms with Crippen LogP contribution in [0, 0.1) is 17.2 Å². The van der Waals surface area contributed by atoms with Crippen LogP contribution in [0.1, 0.15) is 12.2 Å². The van der Waals surface area contributed by atoms with E-state index in [4.69, 9.17) is 5.26 Å². The Morgan fingerprint density at radius 1 is 1.69 bits per heavy atom. The largest absolute Gasteiger partial charge is 0.341 e. The molecular weight excluding hydrogens is 206 g/mol. The summed E-state index contributed by atoms with van der Waals surface area (Å²) in [6.45, 7) is 1.14. The molecule has 0 spiro atoms. The van der Waals surface area contributed by atoms with Gasteiger partial charge in [-0.2, -0.15) is 10.4 Å². The second-order valence-corrected chi connectivity index (χ2v) is 3.95. The summed E-state index contributed by atoms with van der Waals surface area (Å²) in [5.41, 5.74) is 0. The SMILES string of the molecule is Cn1cnc(CCN2CC(C#N)CC2=O)n1. The Bertz CT molecular complexity index is 433. The van der Waals surface area contributed by atoms with Gasteiger partial charge in [-0.1, -0.05) is 0 Å². The van der Waals surface area contributed by atoms with E-state index in [1.807, 2.05) is 7.05 Å². The summed E-state index contributed by atoms with van der Waals surface area (Å²) in [5, 5.41) is 12.9. The molecule has 6 nitrogen and oxygen atoms in total. The molecular formula is C10H13N5O. The molecule has 0 radical (unpaired) electrons. The molecule has 1 aromatic heterocycles. The van der Waals surface area contributed by atoms with Crippen molar-refractivity contribution in [1.29, 1.82) is 5.26 Å². The molecule has 1 aliphatic rings. The van der Waals surface area contributed by atoms with Gasteiger partial charge in [0.05, 0.1) is 12.0 Å². The fourth-order valence-corrected chi connectivity index (χ4v) is 1.81. The summed E-state index contributed by atoms with van der Waals surface area (Å²) >= 11 is 0. The Hall–Kier alpha value is -1.90. The molecule has 1 amide bonds. The van der Waals surface area contributed by atoms with Crippen LogP contribution in [0.5, 0.6) is 0 Å². The summed E-state index contributed by atoms with van der Waals surface area (Å²) in [6, 6.07) is 2.13. The quantitative estimate of drug-likeness (QED) is 0.701. The van der Waals surface area contributed by atoms with E-state index in [2.05, 4.69) is 16.2 Å². The highest BCUT2D eigenvalue weighted by Gasteiger charge is 2.29. The Kier molecular flexibility index (Phi) is 2.86. The van der Waals surface area contributed by atoms with Crippen molar-refractivity contribution in [1.82, 2.24) is 19.7 Å². The van der Waals surface area contributed by atoms with Crippen LogP contribution in [0.4, 0.5) is 0 Å². The number of carbonyl (C=O) groups excluding carboxylic acids is 1. The van der Waals surface area contributed by atoms with Crippen LogP contribution in [-0.4, -0.2) is 38.7 Å². The summed E-state index contributed by atoms with van der Waals surface area (Å²) in [5.74, 6) is 0.641. The van der Waals surface area contributed by atoms with Gasteiger partial charge in [-0.3, -0.25) is 9.48 Å². The molecule has 0 aliphatic carbocycles. The van der Waals surface area contributed by atoms with Crippen molar-refractivity contribution in [3.8, 4) is 6.07 Å². The van der Waals surface area contributed by atoms with Crippen LogP contribution >= 0.6 is 0 Å². The lowest BCUT2D eigenvalue weighted by atomic mass is 10.1. The molecule has 1 aromatic rings. The maximum Gasteiger partial charge on any atom is 0.224 e. The van der Waals surface area contributed by atoms with Crippen LogP contribution < -0.4 is 0 Å². The highest BCUT2D eigenvalue weighted by Crippen LogP contribution is 2.16. The van der Waals surface area contributed by atoms with Crippen molar-refractivity contribution in [2.45, 2.75) is 12.8 Å². The van der Waals surface area contributed by atoms with E-state index in [0.717, 1.165) is 5.82 Å². The van der Waals surface area contributed by atoms with Gasteiger partial charge in [-0.15, -0.1) is 0 Å². The third-order valence-electron chi connectivity index (χ3n) is 2.65. The molecule has 0 N–H and O–H groups in total. The standard InChI is InChI=1S/C10H13N5O/c1-14-7-12-9(13-14)2-3-15-6-8(5-11)4-10(15)16/h7-8H,2-4,6H2,1H3. The van der Waals surface area contributed by atoms with Crippen molar-refractivity contribution in [3.63, 3.8) is 0 Å². The lowest BCUT2D eigenvalue weighted by molar-refractivity contribution is -0.127. The molecule has 1 unspecified atom stereocenters. The number of amides is 1. The van der Waals surface area contributed by atoms with Crippen molar-refractivity contribution >= 4 is 5.91 Å². The molecule has 0 aromatic carbocycles. The first-order valence-corrected chi connectivity index (χ1v) is 5.21. The van der Waals surface area contributed by atoms with Gasteiger partial charge in [0.2, 0.25) is 5.91 Å². The van der Waals surface area contributed by atoms with E-state index in [9.17, 15) is 4.79 Å². The van der Waals surface area contributed by atoms with Crippen LogP contribution in [0.15, 0.2) is 6.33 Å². The number of aromatic nitrogens is 3. The minimum Gasteiger partial charge on any atom is -0.341 e.